The van der Waals surface area contributed by atoms with Crippen LogP contribution >= 0.6 is 11.6 Å². The largest absolute Gasteiger partial charge is 0.336 e. The summed E-state index contributed by atoms with van der Waals surface area (Å²) in [6.07, 6.45) is 0.521. The molecule has 0 unspecified atom stereocenters. The number of aromatic nitrogens is 4. The molecule has 0 saturated carbocycles. The zero-order valence-electron chi connectivity index (χ0n) is 9.66. The second-order valence-electron chi connectivity index (χ2n) is 4.12. The van der Waals surface area contributed by atoms with Crippen molar-refractivity contribution in [3.05, 3.63) is 61.5 Å². The molecule has 2 heterocycles. The Kier molecular flexibility index (Phi) is 2.72. The van der Waals surface area contributed by atoms with Gasteiger partial charge in [-0.2, -0.15) is 0 Å². The van der Waals surface area contributed by atoms with E-state index in [1.54, 1.807) is 12.1 Å². The van der Waals surface area contributed by atoms with E-state index in [0.717, 1.165) is 5.56 Å². The van der Waals surface area contributed by atoms with Crippen molar-refractivity contribution in [2.24, 2.45) is 0 Å². The fraction of sp³-hybridized carbons (Fsp3) is 0.0833. The SMILES string of the molecule is O=c1[nH]c(=O)c2[nH]c(Cc3ccc(Cl)cc3)nc2[nH]1. The van der Waals surface area contributed by atoms with Gasteiger partial charge in [0.15, 0.2) is 5.65 Å². The molecule has 0 aliphatic heterocycles. The average molecular weight is 277 g/mol. The van der Waals surface area contributed by atoms with Gasteiger partial charge in [-0.15, -0.1) is 0 Å². The number of hydrogen-bond donors (Lipinski definition) is 3. The van der Waals surface area contributed by atoms with Crippen LogP contribution in [0.2, 0.25) is 5.02 Å². The molecular formula is C12H9ClN4O2. The molecule has 0 spiro atoms. The highest BCUT2D eigenvalue weighted by atomic mass is 35.5. The number of fused-ring (bicyclic) bond motifs is 1. The van der Waals surface area contributed by atoms with Crippen molar-refractivity contribution in [2.75, 3.05) is 0 Å². The standard InChI is InChI=1S/C12H9ClN4O2/c13-7-3-1-6(2-4-7)5-8-14-9-10(15-8)16-12(19)17-11(9)18/h1-4H,5H2,(H3,14,15,16,17,18,19). The Balaban J connectivity index is 2.02. The Hall–Kier alpha value is -2.34. The fourth-order valence-electron chi connectivity index (χ4n) is 1.86. The molecule has 0 fully saturated rings. The van der Waals surface area contributed by atoms with Crippen LogP contribution in [0.5, 0.6) is 0 Å². The molecule has 0 saturated heterocycles. The first kappa shape index (κ1) is 11.7. The van der Waals surface area contributed by atoms with E-state index in [1.165, 1.54) is 0 Å². The number of hydrogen-bond acceptors (Lipinski definition) is 3. The lowest BCUT2D eigenvalue weighted by atomic mass is 10.1. The summed E-state index contributed by atoms with van der Waals surface area (Å²) < 4.78 is 0. The van der Waals surface area contributed by atoms with Crippen LogP contribution in [0.1, 0.15) is 11.4 Å². The minimum atomic E-state index is -0.568. The number of rotatable bonds is 2. The average Bonchev–Trinajstić information content (AvgIpc) is 2.75. The van der Waals surface area contributed by atoms with Gasteiger partial charge in [0.2, 0.25) is 0 Å². The molecule has 6 nitrogen and oxygen atoms in total. The van der Waals surface area contributed by atoms with E-state index < -0.39 is 11.2 Å². The van der Waals surface area contributed by atoms with Gasteiger partial charge >= 0.3 is 5.69 Å². The third kappa shape index (κ3) is 2.30. The predicted molar refractivity (Wildman–Crippen MR) is 71.6 cm³/mol. The maximum Gasteiger partial charge on any atom is 0.327 e. The van der Waals surface area contributed by atoms with Crippen molar-refractivity contribution in [3.8, 4) is 0 Å². The topological polar surface area (TPSA) is 94.4 Å². The van der Waals surface area contributed by atoms with Crippen LogP contribution in [0.15, 0.2) is 33.9 Å². The normalized spacial score (nSPS) is 11.0. The van der Waals surface area contributed by atoms with E-state index in [0.29, 0.717) is 17.3 Å². The van der Waals surface area contributed by atoms with Crippen molar-refractivity contribution < 1.29 is 0 Å². The number of nitrogens with one attached hydrogen (secondary N) is 3. The molecule has 1 aromatic carbocycles. The number of halogens is 1. The van der Waals surface area contributed by atoms with Crippen LogP contribution in [0.3, 0.4) is 0 Å². The van der Waals surface area contributed by atoms with Crippen LogP contribution in [-0.4, -0.2) is 19.9 Å². The molecule has 7 heteroatoms. The number of nitrogens with zero attached hydrogens (tertiary/aromatic N) is 1. The third-order valence-corrected chi connectivity index (χ3v) is 2.98. The van der Waals surface area contributed by atoms with Gasteiger partial charge in [-0.05, 0) is 17.7 Å². The van der Waals surface area contributed by atoms with Crippen LogP contribution in [0.4, 0.5) is 0 Å². The minimum absolute atomic E-state index is 0.262. The molecule has 19 heavy (non-hydrogen) atoms. The first-order valence-electron chi connectivity index (χ1n) is 5.57. The van der Waals surface area contributed by atoms with Gasteiger partial charge in [0, 0.05) is 11.4 Å². The second kappa shape index (κ2) is 4.40. The Morgan fingerprint density at radius 1 is 1.05 bits per heavy atom. The van der Waals surface area contributed by atoms with Crippen LogP contribution in [0, 0.1) is 0 Å². The number of H-pyrrole nitrogens is 3. The van der Waals surface area contributed by atoms with E-state index in [2.05, 4.69) is 19.9 Å². The van der Waals surface area contributed by atoms with Crippen LogP contribution < -0.4 is 11.2 Å². The minimum Gasteiger partial charge on any atom is -0.336 e. The Labute approximate surface area is 111 Å². The van der Waals surface area contributed by atoms with Crippen molar-refractivity contribution in [3.63, 3.8) is 0 Å². The molecule has 0 radical (unpaired) electrons. The third-order valence-electron chi connectivity index (χ3n) is 2.72. The molecular weight excluding hydrogens is 268 g/mol. The highest BCUT2D eigenvalue weighted by Gasteiger charge is 2.08. The Morgan fingerprint density at radius 2 is 1.79 bits per heavy atom. The summed E-state index contributed by atoms with van der Waals surface area (Å²) in [4.78, 5) is 34.4. The smallest absolute Gasteiger partial charge is 0.327 e. The van der Waals surface area contributed by atoms with Crippen molar-refractivity contribution in [1.29, 1.82) is 0 Å². The van der Waals surface area contributed by atoms with Crippen LogP contribution in [-0.2, 0) is 6.42 Å². The maximum absolute atomic E-state index is 11.5. The Morgan fingerprint density at radius 3 is 2.53 bits per heavy atom. The highest BCUT2D eigenvalue weighted by Crippen LogP contribution is 2.13. The van der Waals surface area contributed by atoms with E-state index in [1.807, 2.05) is 12.1 Å². The second-order valence-corrected chi connectivity index (χ2v) is 4.56. The molecule has 3 rings (SSSR count). The summed E-state index contributed by atoms with van der Waals surface area (Å²) in [5.74, 6) is 0.602. The quantitative estimate of drug-likeness (QED) is 0.656. The zero-order chi connectivity index (χ0) is 13.4. The van der Waals surface area contributed by atoms with Gasteiger partial charge in [0.25, 0.3) is 5.56 Å². The van der Waals surface area contributed by atoms with Gasteiger partial charge in [-0.25, -0.2) is 9.78 Å². The lowest BCUT2D eigenvalue weighted by Crippen LogP contribution is -2.21. The lowest BCUT2D eigenvalue weighted by molar-refractivity contribution is 1.03. The first-order valence-corrected chi connectivity index (χ1v) is 5.95. The maximum atomic E-state index is 11.5. The monoisotopic (exact) mass is 276 g/mol. The number of aromatic amines is 3. The summed E-state index contributed by atoms with van der Waals surface area (Å²) in [6.45, 7) is 0. The summed E-state index contributed by atoms with van der Waals surface area (Å²) in [5, 5.41) is 0.661. The van der Waals surface area contributed by atoms with Gasteiger partial charge in [-0.1, -0.05) is 23.7 Å². The van der Waals surface area contributed by atoms with Crippen molar-refractivity contribution in [2.45, 2.75) is 6.42 Å². The lowest BCUT2D eigenvalue weighted by Gasteiger charge is -1.97. The number of imidazole rings is 1. The van der Waals surface area contributed by atoms with E-state index in [4.69, 9.17) is 11.6 Å². The van der Waals surface area contributed by atoms with Crippen molar-refractivity contribution >= 4 is 22.8 Å². The molecule has 0 bridgehead atoms. The van der Waals surface area contributed by atoms with E-state index >= 15 is 0 Å². The summed E-state index contributed by atoms with van der Waals surface area (Å²) >= 11 is 5.81. The van der Waals surface area contributed by atoms with Gasteiger partial charge < -0.3 is 4.98 Å². The summed E-state index contributed by atoms with van der Waals surface area (Å²) in [5.41, 5.74) is 0.485. The fourth-order valence-corrected chi connectivity index (χ4v) is 1.99. The van der Waals surface area contributed by atoms with Crippen LogP contribution in [0.25, 0.3) is 11.2 Å². The Bertz CT molecular complexity index is 845. The first-order chi connectivity index (χ1) is 9.11. The predicted octanol–water partition coefficient (Wildman–Crippen LogP) is 1.18. The molecule has 3 aromatic rings. The summed E-state index contributed by atoms with van der Waals surface area (Å²) in [6, 6.07) is 7.33. The summed E-state index contributed by atoms with van der Waals surface area (Å²) in [7, 11) is 0. The molecule has 3 N–H and O–H groups in total. The van der Waals surface area contributed by atoms with E-state index in [9.17, 15) is 9.59 Å². The van der Waals surface area contributed by atoms with Gasteiger partial charge in [0.1, 0.15) is 11.3 Å². The molecule has 0 aliphatic carbocycles. The molecule has 0 atom stereocenters. The highest BCUT2D eigenvalue weighted by molar-refractivity contribution is 6.30. The van der Waals surface area contributed by atoms with Gasteiger partial charge in [0.05, 0.1) is 0 Å². The van der Waals surface area contributed by atoms with Gasteiger partial charge in [-0.3, -0.25) is 14.8 Å². The zero-order valence-corrected chi connectivity index (χ0v) is 10.4. The number of benzene rings is 1. The molecule has 96 valence electrons. The molecule has 0 aliphatic rings. The van der Waals surface area contributed by atoms with Crippen molar-refractivity contribution in [1.82, 2.24) is 19.9 Å². The van der Waals surface area contributed by atoms with E-state index in [-0.39, 0.29) is 11.2 Å². The molecule has 0 amide bonds. The molecule has 2 aromatic heterocycles.